The number of ether oxygens (including phenoxy) is 1. The quantitative estimate of drug-likeness (QED) is 0.787. The lowest BCUT2D eigenvalue weighted by Gasteiger charge is -2.37. The molecule has 1 atom stereocenters. The van der Waals surface area contributed by atoms with Gasteiger partial charge in [0.25, 0.3) is 0 Å². The number of hydrogen-bond donors (Lipinski definition) is 2. The van der Waals surface area contributed by atoms with Gasteiger partial charge in [-0.25, -0.2) is 0 Å². The zero-order valence-electron chi connectivity index (χ0n) is 16.9. The number of benzene rings is 2. The van der Waals surface area contributed by atoms with Crippen LogP contribution in [0.1, 0.15) is 17.5 Å². The molecule has 0 spiro atoms. The Bertz CT molecular complexity index is 862. The van der Waals surface area contributed by atoms with Crippen LogP contribution in [0.15, 0.2) is 42.5 Å². The molecule has 2 N–H and O–H groups in total. The lowest BCUT2D eigenvalue weighted by molar-refractivity contribution is -0.116. The van der Waals surface area contributed by atoms with Crippen LogP contribution in [0.4, 0.5) is 11.4 Å². The largest absolute Gasteiger partial charge is 0.491 e. The predicted molar refractivity (Wildman–Crippen MR) is 115 cm³/mol. The van der Waals surface area contributed by atoms with E-state index in [4.69, 9.17) is 4.74 Å². The summed E-state index contributed by atoms with van der Waals surface area (Å²) in [7, 11) is 0. The summed E-state index contributed by atoms with van der Waals surface area (Å²) in [4.78, 5) is 16.1. The summed E-state index contributed by atoms with van der Waals surface area (Å²) in [5.74, 6) is 0.798. The molecule has 6 nitrogen and oxygen atoms in total. The molecule has 0 aromatic heterocycles. The number of amides is 1. The molecule has 0 unspecified atom stereocenters. The smallest absolute Gasteiger partial charge is 0.224 e. The number of fused-ring (bicyclic) bond motifs is 1. The SMILES string of the molecule is Cc1cccc(N2CCN(C[C@H](O)COc3ccc4c(c3)CCC(=O)N4)CC2)c1. The highest BCUT2D eigenvalue weighted by Crippen LogP contribution is 2.27. The zero-order valence-corrected chi connectivity index (χ0v) is 16.9. The van der Waals surface area contributed by atoms with E-state index < -0.39 is 6.10 Å². The summed E-state index contributed by atoms with van der Waals surface area (Å²) in [6, 6.07) is 14.3. The maximum Gasteiger partial charge on any atom is 0.224 e. The number of aliphatic hydroxyl groups excluding tert-OH is 1. The van der Waals surface area contributed by atoms with E-state index in [9.17, 15) is 9.90 Å². The molecule has 2 aromatic carbocycles. The first kappa shape index (κ1) is 19.7. The van der Waals surface area contributed by atoms with E-state index in [-0.39, 0.29) is 12.5 Å². The van der Waals surface area contributed by atoms with Crippen LogP contribution >= 0.6 is 0 Å². The van der Waals surface area contributed by atoms with Gasteiger partial charge in [-0.2, -0.15) is 0 Å². The van der Waals surface area contributed by atoms with Gasteiger partial charge in [0, 0.05) is 50.5 Å². The lowest BCUT2D eigenvalue weighted by atomic mass is 10.0. The average molecular weight is 396 g/mol. The van der Waals surface area contributed by atoms with Crippen LogP contribution < -0.4 is 15.0 Å². The summed E-state index contributed by atoms with van der Waals surface area (Å²) in [5, 5.41) is 13.3. The lowest BCUT2D eigenvalue weighted by Crippen LogP contribution is -2.49. The van der Waals surface area contributed by atoms with Crippen molar-refractivity contribution in [2.45, 2.75) is 25.9 Å². The highest BCUT2D eigenvalue weighted by molar-refractivity contribution is 5.93. The number of piperazine rings is 1. The summed E-state index contributed by atoms with van der Waals surface area (Å²) >= 11 is 0. The number of β-amino-alcohol motifs (C(OH)–C–C–N with tert-alkyl or cyclic N) is 1. The molecular formula is C23H29N3O3. The van der Waals surface area contributed by atoms with Crippen molar-refractivity contribution >= 4 is 17.3 Å². The monoisotopic (exact) mass is 395 g/mol. The topological polar surface area (TPSA) is 65.0 Å². The fourth-order valence-corrected chi connectivity index (χ4v) is 4.01. The normalized spacial score (nSPS) is 18.1. The molecule has 0 radical (unpaired) electrons. The Morgan fingerprint density at radius 1 is 1.10 bits per heavy atom. The highest BCUT2D eigenvalue weighted by Gasteiger charge is 2.20. The van der Waals surface area contributed by atoms with Crippen LogP contribution in [0.2, 0.25) is 0 Å². The molecule has 29 heavy (non-hydrogen) atoms. The third kappa shape index (κ3) is 5.08. The van der Waals surface area contributed by atoms with E-state index in [0.717, 1.165) is 49.6 Å². The Balaban J connectivity index is 1.22. The summed E-state index contributed by atoms with van der Waals surface area (Å²) in [6.07, 6.45) is 0.705. The Morgan fingerprint density at radius 2 is 1.93 bits per heavy atom. The summed E-state index contributed by atoms with van der Waals surface area (Å²) in [6.45, 7) is 6.80. The molecule has 4 rings (SSSR count). The number of carbonyl (C=O) groups is 1. The first-order valence-electron chi connectivity index (χ1n) is 10.3. The Hall–Kier alpha value is -2.57. The van der Waals surface area contributed by atoms with Crippen LogP contribution in [-0.2, 0) is 11.2 Å². The molecule has 2 aliphatic rings. The van der Waals surface area contributed by atoms with Gasteiger partial charge in [-0.05, 0) is 54.8 Å². The molecule has 2 aliphatic heterocycles. The van der Waals surface area contributed by atoms with Crippen molar-refractivity contribution in [3.05, 3.63) is 53.6 Å². The second-order valence-corrected chi connectivity index (χ2v) is 7.96. The second kappa shape index (κ2) is 8.84. The third-order valence-electron chi connectivity index (χ3n) is 5.62. The van der Waals surface area contributed by atoms with Crippen molar-refractivity contribution in [3.8, 4) is 5.75 Å². The number of hydrogen-bond acceptors (Lipinski definition) is 5. The molecule has 0 saturated carbocycles. The third-order valence-corrected chi connectivity index (χ3v) is 5.62. The first-order chi connectivity index (χ1) is 14.1. The molecule has 2 aromatic rings. The number of nitrogens with zero attached hydrogens (tertiary/aromatic N) is 2. The second-order valence-electron chi connectivity index (χ2n) is 7.96. The molecular weight excluding hydrogens is 366 g/mol. The van der Waals surface area contributed by atoms with Gasteiger partial charge in [0.05, 0.1) is 0 Å². The number of aryl methyl sites for hydroxylation is 2. The van der Waals surface area contributed by atoms with Crippen molar-refractivity contribution in [1.29, 1.82) is 0 Å². The van der Waals surface area contributed by atoms with Crippen LogP contribution in [0.25, 0.3) is 0 Å². The standard InChI is InChI=1S/C23H29N3O3/c1-17-3-2-4-19(13-17)26-11-9-25(10-12-26)15-20(27)16-29-21-6-7-22-18(14-21)5-8-23(28)24-22/h2-4,6-7,13-14,20,27H,5,8-12,15-16H2,1H3,(H,24,28)/t20-/m0/s1. The maximum absolute atomic E-state index is 11.4. The first-order valence-corrected chi connectivity index (χ1v) is 10.3. The number of rotatable bonds is 6. The highest BCUT2D eigenvalue weighted by atomic mass is 16.5. The van der Waals surface area contributed by atoms with Crippen molar-refractivity contribution in [2.75, 3.05) is 49.5 Å². The predicted octanol–water partition coefficient (Wildman–Crippen LogP) is 2.44. The van der Waals surface area contributed by atoms with Crippen LogP contribution in [-0.4, -0.2) is 61.3 Å². The van der Waals surface area contributed by atoms with E-state index in [0.29, 0.717) is 13.0 Å². The molecule has 1 fully saturated rings. The van der Waals surface area contributed by atoms with Gasteiger partial charge in [-0.15, -0.1) is 0 Å². The number of nitrogens with one attached hydrogen (secondary N) is 1. The molecule has 0 bridgehead atoms. The van der Waals surface area contributed by atoms with E-state index >= 15 is 0 Å². The van der Waals surface area contributed by atoms with Gasteiger partial charge in [0.2, 0.25) is 5.91 Å². The molecule has 1 amide bonds. The molecule has 2 heterocycles. The van der Waals surface area contributed by atoms with Gasteiger partial charge in [-0.1, -0.05) is 12.1 Å². The minimum atomic E-state index is -0.531. The molecule has 0 aliphatic carbocycles. The maximum atomic E-state index is 11.4. The summed E-state index contributed by atoms with van der Waals surface area (Å²) in [5.41, 5.74) is 4.50. The minimum Gasteiger partial charge on any atom is -0.491 e. The van der Waals surface area contributed by atoms with Crippen molar-refractivity contribution in [1.82, 2.24) is 4.90 Å². The van der Waals surface area contributed by atoms with E-state index in [2.05, 4.69) is 46.3 Å². The van der Waals surface area contributed by atoms with Crippen LogP contribution in [0.3, 0.4) is 0 Å². The molecule has 6 heteroatoms. The number of aliphatic hydroxyl groups is 1. The zero-order chi connectivity index (χ0) is 20.2. The van der Waals surface area contributed by atoms with Crippen molar-refractivity contribution in [3.63, 3.8) is 0 Å². The van der Waals surface area contributed by atoms with E-state index in [1.54, 1.807) is 0 Å². The van der Waals surface area contributed by atoms with Gasteiger partial charge in [-0.3, -0.25) is 9.69 Å². The molecule has 1 saturated heterocycles. The van der Waals surface area contributed by atoms with Gasteiger partial charge in [0.1, 0.15) is 18.5 Å². The van der Waals surface area contributed by atoms with Gasteiger partial charge in [0.15, 0.2) is 0 Å². The number of carbonyl (C=O) groups excluding carboxylic acids is 1. The average Bonchev–Trinajstić information content (AvgIpc) is 2.73. The Kier molecular flexibility index (Phi) is 6.02. The fourth-order valence-electron chi connectivity index (χ4n) is 4.01. The number of anilines is 2. The summed E-state index contributed by atoms with van der Waals surface area (Å²) < 4.78 is 5.81. The molecule has 154 valence electrons. The van der Waals surface area contributed by atoms with Crippen LogP contribution in [0.5, 0.6) is 5.75 Å². The van der Waals surface area contributed by atoms with Crippen LogP contribution in [0, 0.1) is 6.92 Å². The van der Waals surface area contributed by atoms with Crippen molar-refractivity contribution in [2.24, 2.45) is 0 Å². The minimum absolute atomic E-state index is 0.0593. The Morgan fingerprint density at radius 3 is 2.72 bits per heavy atom. The fraction of sp³-hybridized carbons (Fsp3) is 0.435. The van der Waals surface area contributed by atoms with Crippen molar-refractivity contribution < 1.29 is 14.6 Å². The van der Waals surface area contributed by atoms with E-state index in [1.165, 1.54) is 11.3 Å². The van der Waals surface area contributed by atoms with Gasteiger partial charge >= 0.3 is 0 Å². The van der Waals surface area contributed by atoms with E-state index in [1.807, 2.05) is 18.2 Å². The van der Waals surface area contributed by atoms with Gasteiger partial charge < -0.3 is 20.1 Å². The Labute approximate surface area is 172 Å².